The van der Waals surface area contributed by atoms with E-state index >= 15 is 0 Å². The maximum Gasteiger partial charge on any atom is 0.118 e. The Hall–Kier alpha value is -1.90. The van der Waals surface area contributed by atoms with Crippen molar-refractivity contribution < 1.29 is 4.74 Å². The number of hydrogen-bond donors (Lipinski definition) is 2. The van der Waals surface area contributed by atoms with Gasteiger partial charge in [0.25, 0.3) is 0 Å². The van der Waals surface area contributed by atoms with E-state index in [-0.39, 0.29) is 0 Å². The van der Waals surface area contributed by atoms with Crippen molar-refractivity contribution in [2.45, 2.75) is 0 Å². The highest BCUT2D eigenvalue weighted by Crippen LogP contribution is 2.25. The molecule has 0 fully saturated rings. The van der Waals surface area contributed by atoms with Gasteiger partial charge in [0.1, 0.15) is 5.75 Å². The molecule has 1 heterocycles. The van der Waals surface area contributed by atoms with E-state index in [1.54, 1.807) is 7.11 Å². The Bertz CT molecular complexity index is 417. The number of rotatable bonds is 2. The maximum absolute atomic E-state index is 5.78. The molecule has 0 spiro atoms. The van der Waals surface area contributed by atoms with Gasteiger partial charge in [-0.25, -0.2) is 0 Å². The molecule has 3 nitrogen and oxygen atoms in total. The molecule has 0 aliphatic rings. The maximum atomic E-state index is 5.78. The summed E-state index contributed by atoms with van der Waals surface area (Å²) in [5.41, 5.74) is 8.55. The second kappa shape index (κ2) is 3.46. The van der Waals surface area contributed by atoms with Crippen molar-refractivity contribution in [3.8, 4) is 17.0 Å². The van der Waals surface area contributed by atoms with E-state index < -0.39 is 0 Å². The molecule has 0 unspecified atom stereocenters. The second-order valence-electron chi connectivity index (χ2n) is 3.04. The smallest absolute Gasteiger partial charge is 0.118 e. The molecule has 3 N–H and O–H groups in total. The van der Waals surface area contributed by atoms with E-state index in [4.69, 9.17) is 10.5 Å². The molecule has 0 amide bonds. The summed E-state index contributed by atoms with van der Waals surface area (Å²) >= 11 is 0. The lowest BCUT2D eigenvalue weighted by Gasteiger charge is -2.02. The van der Waals surface area contributed by atoms with E-state index in [2.05, 4.69) is 4.98 Å². The number of benzene rings is 1. The van der Waals surface area contributed by atoms with Crippen LogP contribution in [0.5, 0.6) is 5.75 Å². The number of ether oxygens (including phenoxy) is 1. The van der Waals surface area contributed by atoms with Gasteiger partial charge in [0.15, 0.2) is 0 Å². The number of nitrogen functional groups attached to an aromatic ring is 1. The molecule has 1 aromatic heterocycles. The first kappa shape index (κ1) is 8.69. The van der Waals surface area contributed by atoms with Gasteiger partial charge in [0.05, 0.1) is 18.5 Å². The van der Waals surface area contributed by atoms with Crippen LogP contribution in [0.15, 0.2) is 36.5 Å². The van der Waals surface area contributed by atoms with Gasteiger partial charge in [0.2, 0.25) is 0 Å². The highest BCUT2D eigenvalue weighted by Gasteiger charge is 2.02. The predicted molar refractivity (Wildman–Crippen MR) is 57.2 cm³/mol. The van der Waals surface area contributed by atoms with Crippen LogP contribution >= 0.6 is 0 Å². The molecule has 0 aliphatic carbocycles. The Morgan fingerprint density at radius 3 is 2.36 bits per heavy atom. The normalized spacial score (nSPS) is 10.1. The molecule has 0 saturated carbocycles. The van der Waals surface area contributed by atoms with Crippen LogP contribution in [0.1, 0.15) is 0 Å². The molecule has 3 heteroatoms. The van der Waals surface area contributed by atoms with Crippen molar-refractivity contribution in [3.63, 3.8) is 0 Å². The molecular weight excluding hydrogens is 176 g/mol. The topological polar surface area (TPSA) is 51.0 Å². The molecule has 0 aliphatic heterocycles. The van der Waals surface area contributed by atoms with E-state index in [0.29, 0.717) is 0 Å². The number of nitrogens with one attached hydrogen (secondary N) is 1. The van der Waals surface area contributed by atoms with Crippen LogP contribution in [-0.2, 0) is 0 Å². The fourth-order valence-corrected chi connectivity index (χ4v) is 1.39. The van der Waals surface area contributed by atoms with Gasteiger partial charge in [-0.1, -0.05) is 0 Å². The molecule has 0 saturated heterocycles. The first-order valence-electron chi connectivity index (χ1n) is 4.38. The molecule has 0 bridgehead atoms. The Labute approximate surface area is 82.5 Å². The van der Waals surface area contributed by atoms with Crippen molar-refractivity contribution in [2.24, 2.45) is 0 Å². The van der Waals surface area contributed by atoms with Crippen LogP contribution in [0.2, 0.25) is 0 Å². The molecule has 2 rings (SSSR count). The molecule has 0 atom stereocenters. The van der Waals surface area contributed by atoms with Crippen molar-refractivity contribution >= 4 is 5.69 Å². The lowest BCUT2D eigenvalue weighted by molar-refractivity contribution is 0.415. The standard InChI is InChI=1S/C11H12N2O/c1-14-9-4-2-8(3-5-9)11-10(12)6-7-13-11/h2-7,13H,12H2,1H3. The number of anilines is 1. The van der Waals surface area contributed by atoms with E-state index in [1.807, 2.05) is 36.5 Å². The summed E-state index contributed by atoms with van der Waals surface area (Å²) < 4.78 is 5.08. The van der Waals surface area contributed by atoms with Gasteiger partial charge in [-0.05, 0) is 30.3 Å². The number of methoxy groups -OCH3 is 1. The van der Waals surface area contributed by atoms with E-state index in [1.165, 1.54) is 0 Å². The Morgan fingerprint density at radius 2 is 1.86 bits per heavy atom. The van der Waals surface area contributed by atoms with E-state index in [9.17, 15) is 0 Å². The van der Waals surface area contributed by atoms with Gasteiger partial charge in [-0.3, -0.25) is 0 Å². The largest absolute Gasteiger partial charge is 0.497 e. The minimum atomic E-state index is 0.759. The van der Waals surface area contributed by atoms with Crippen molar-refractivity contribution in [3.05, 3.63) is 36.5 Å². The zero-order chi connectivity index (χ0) is 9.97. The average Bonchev–Trinajstić information content (AvgIpc) is 2.65. The highest BCUT2D eigenvalue weighted by molar-refractivity contribution is 5.73. The summed E-state index contributed by atoms with van der Waals surface area (Å²) in [5, 5.41) is 0. The number of H-pyrrole nitrogens is 1. The van der Waals surface area contributed by atoms with Gasteiger partial charge < -0.3 is 15.5 Å². The molecule has 72 valence electrons. The third-order valence-corrected chi connectivity index (χ3v) is 2.16. The highest BCUT2D eigenvalue weighted by atomic mass is 16.5. The quantitative estimate of drug-likeness (QED) is 0.759. The number of aromatic nitrogens is 1. The lowest BCUT2D eigenvalue weighted by Crippen LogP contribution is -1.87. The van der Waals surface area contributed by atoms with Crippen LogP contribution in [0.4, 0.5) is 5.69 Å². The Morgan fingerprint density at radius 1 is 1.14 bits per heavy atom. The van der Waals surface area contributed by atoms with Crippen LogP contribution in [0.3, 0.4) is 0 Å². The Balaban J connectivity index is 2.39. The zero-order valence-corrected chi connectivity index (χ0v) is 7.95. The molecule has 1 aromatic carbocycles. The Kier molecular flexibility index (Phi) is 2.14. The summed E-state index contributed by atoms with van der Waals surface area (Å²) in [6.07, 6.45) is 1.83. The van der Waals surface area contributed by atoms with Gasteiger partial charge >= 0.3 is 0 Å². The summed E-state index contributed by atoms with van der Waals surface area (Å²) in [6, 6.07) is 9.62. The third kappa shape index (κ3) is 1.44. The van der Waals surface area contributed by atoms with Gasteiger partial charge in [-0.2, -0.15) is 0 Å². The number of hydrogen-bond acceptors (Lipinski definition) is 2. The number of nitrogens with two attached hydrogens (primary N) is 1. The fraction of sp³-hybridized carbons (Fsp3) is 0.0909. The fourth-order valence-electron chi connectivity index (χ4n) is 1.39. The number of aromatic amines is 1. The monoisotopic (exact) mass is 188 g/mol. The summed E-state index contributed by atoms with van der Waals surface area (Å²) in [6.45, 7) is 0. The van der Waals surface area contributed by atoms with Crippen LogP contribution in [-0.4, -0.2) is 12.1 Å². The SMILES string of the molecule is COc1ccc(-c2[nH]ccc2N)cc1. The molecule has 0 radical (unpaired) electrons. The summed E-state index contributed by atoms with van der Waals surface area (Å²) in [7, 11) is 1.65. The van der Waals surface area contributed by atoms with Crippen LogP contribution < -0.4 is 10.5 Å². The van der Waals surface area contributed by atoms with Crippen LogP contribution in [0, 0.1) is 0 Å². The van der Waals surface area contributed by atoms with Crippen molar-refractivity contribution in [1.29, 1.82) is 0 Å². The zero-order valence-electron chi connectivity index (χ0n) is 7.95. The van der Waals surface area contributed by atoms with Crippen LogP contribution in [0.25, 0.3) is 11.3 Å². The summed E-state index contributed by atoms with van der Waals surface area (Å²) in [4.78, 5) is 3.09. The average molecular weight is 188 g/mol. The molecular formula is C11H12N2O. The minimum Gasteiger partial charge on any atom is -0.497 e. The van der Waals surface area contributed by atoms with Gasteiger partial charge in [-0.15, -0.1) is 0 Å². The van der Waals surface area contributed by atoms with Crippen molar-refractivity contribution in [2.75, 3.05) is 12.8 Å². The minimum absolute atomic E-state index is 0.759. The van der Waals surface area contributed by atoms with Gasteiger partial charge in [0, 0.05) is 11.8 Å². The predicted octanol–water partition coefficient (Wildman–Crippen LogP) is 2.27. The lowest BCUT2D eigenvalue weighted by atomic mass is 10.1. The first-order chi connectivity index (χ1) is 6.81. The summed E-state index contributed by atoms with van der Waals surface area (Å²) in [5.74, 6) is 0.846. The second-order valence-corrected chi connectivity index (χ2v) is 3.04. The molecule has 14 heavy (non-hydrogen) atoms. The van der Waals surface area contributed by atoms with E-state index in [0.717, 1.165) is 22.7 Å². The first-order valence-corrected chi connectivity index (χ1v) is 4.38. The molecule has 2 aromatic rings. The third-order valence-electron chi connectivity index (χ3n) is 2.16. The van der Waals surface area contributed by atoms with Crippen molar-refractivity contribution in [1.82, 2.24) is 4.98 Å².